The molecule has 0 N–H and O–H groups in total. The summed E-state index contributed by atoms with van der Waals surface area (Å²) in [6, 6.07) is 10.8. The Kier molecular flexibility index (Phi) is 4.54. The van der Waals surface area contributed by atoms with Gasteiger partial charge in [-0.15, -0.1) is 0 Å². The van der Waals surface area contributed by atoms with Gasteiger partial charge in [0.2, 0.25) is 0 Å². The van der Waals surface area contributed by atoms with Crippen molar-refractivity contribution in [3.8, 4) is 0 Å². The molecule has 0 fully saturated rings. The van der Waals surface area contributed by atoms with Crippen LogP contribution < -0.4 is 0 Å². The average molecular weight is 318 g/mol. The molecule has 16 heavy (non-hydrogen) atoms. The predicted molar refractivity (Wildman–Crippen MR) is 72.8 cm³/mol. The van der Waals surface area contributed by atoms with Gasteiger partial charge in [-0.3, -0.25) is 0 Å². The third kappa shape index (κ3) is 3.39. The average Bonchev–Trinajstić information content (AvgIpc) is 2.66. The molecule has 1 nitrogen and oxygen atoms in total. The van der Waals surface area contributed by atoms with Gasteiger partial charge in [-0.1, -0.05) is 0 Å². The van der Waals surface area contributed by atoms with E-state index in [1.54, 1.807) is 11.8 Å². The molecule has 0 unspecified atom stereocenters. The molecule has 0 saturated carbocycles. The second kappa shape index (κ2) is 5.92. The maximum absolute atomic E-state index is 10.6. The molecule has 0 bridgehead atoms. The van der Waals surface area contributed by atoms with Gasteiger partial charge in [-0.2, -0.15) is 0 Å². The first-order chi connectivity index (χ1) is 7.75. The van der Waals surface area contributed by atoms with Crippen LogP contribution in [0.1, 0.15) is 4.44 Å². The number of thioether (sulfide) groups is 1. The van der Waals surface area contributed by atoms with E-state index in [1.165, 1.54) is 14.1 Å². The van der Waals surface area contributed by atoms with Crippen LogP contribution in [0.5, 0.6) is 0 Å². The molecule has 0 aliphatic rings. The van der Waals surface area contributed by atoms with Crippen LogP contribution in [0.15, 0.2) is 30.3 Å². The van der Waals surface area contributed by atoms with E-state index in [0.717, 1.165) is 12.2 Å². The van der Waals surface area contributed by atoms with E-state index in [4.69, 9.17) is 11.6 Å². The third-order valence-corrected chi connectivity index (χ3v) is 5.90. The fourth-order valence-corrected chi connectivity index (χ4v) is 4.91. The molecular weight excluding hydrogens is 307 g/mol. The Labute approximate surface area is 110 Å². The molecule has 1 aromatic heterocycles. The Morgan fingerprint density at radius 1 is 1.38 bits per heavy atom. The second-order valence-electron chi connectivity index (χ2n) is 3.41. The summed E-state index contributed by atoms with van der Waals surface area (Å²) < 4.78 is 2.99. The quantitative estimate of drug-likeness (QED) is 0.479. The van der Waals surface area contributed by atoms with E-state index in [-0.39, 0.29) is 5.24 Å². The van der Waals surface area contributed by atoms with E-state index in [2.05, 4.69) is 30.3 Å². The zero-order chi connectivity index (χ0) is 11.4. The molecule has 0 spiro atoms. The van der Waals surface area contributed by atoms with Crippen molar-refractivity contribution in [2.75, 3.05) is 11.5 Å². The Morgan fingerprint density at radius 2 is 2.19 bits per heavy atom. The van der Waals surface area contributed by atoms with Crippen molar-refractivity contribution in [3.63, 3.8) is 0 Å². The maximum atomic E-state index is 10.6. The van der Waals surface area contributed by atoms with Gasteiger partial charge in [-0.05, 0) is 0 Å². The van der Waals surface area contributed by atoms with E-state index in [9.17, 15) is 4.79 Å². The Morgan fingerprint density at radius 3 is 2.94 bits per heavy atom. The molecule has 0 aliphatic heterocycles. The first-order valence-corrected chi connectivity index (χ1v) is 8.24. The first-order valence-electron chi connectivity index (χ1n) is 4.99. The van der Waals surface area contributed by atoms with Crippen molar-refractivity contribution in [1.82, 2.24) is 0 Å². The van der Waals surface area contributed by atoms with Crippen LogP contribution in [-0.2, 0) is 11.2 Å². The number of carbonyl (C=O) groups is 1. The summed E-state index contributed by atoms with van der Waals surface area (Å²) in [4.78, 5) is 10.6. The van der Waals surface area contributed by atoms with Gasteiger partial charge in [0.25, 0.3) is 0 Å². The monoisotopic (exact) mass is 318 g/mol. The number of rotatable bonds is 5. The molecule has 0 aliphatic carbocycles. The number of hydrogen-bond acceptors (Lipinski definition) is 2. The Hall–Kier alpha value is -0.211. The summed E-state index contributed by atoms with van der Waals surface area (Å²) >= 11 is 7.38. The van der Waals surface area contributed by atoms with Crippen molar-refractivity contribution in [2.24, 2.45) is 0 Å². The molecule has 2 aromatic rings. The molecule has 0 saturated heterocycles. The van der Waals surface area contributed by atoms with Crippen molar-refractivity contribution in [3.05, 3.63) is 34.8 Å². The zero-order valence-electron chi connectivity index (χ0n) is 8.61. The van der Waals surface area contributed by atoms with Gasteiger partial charge in [0, 0.05) is 0 Å². The summed E-state index contributed by atoms with van der Waals surface area (Å²) in [5.41, 5.74) is 0. The number of fused-ring (bicyclic) bond motifs is 1. The molecule has 0 radical (unpaired) electrons. The van der Waals surface area contributed by atoms with Gasteiger partial charge in [0.15, 0.2) is 0 Å². The van der Waals surface area contributed by atoms with Crippen molar-refractivity contribution in [2.45, 2.75) is 6.42 Å². The van der Waals surface area contributed by atoms with E-state index in [0.29, 0.717) is 20.3 Å². The second-order valence-corrected chi connectivity index (χ2v) is 7.39. The summed E-state index contributed by atoms with van der Waals surface area (Å²) in [7, 11) is 0. The van der Waals surface area contributed by atoms with E-state index >= 15 is 0 Å². The van der Waals surface area contributed by atoms with Crippen LogP contribution in [0, 0.1) is 0 Å². The third-order valence-electron chi connectivity index (χ3n) is 2.18. The number of aryl methyl sites for hydroxylation is 1. The van der Waals surface area contributed by atoms with Gasteiger partial charge in [-0.25, -0.2) is 0 Å². The number of benzene rings is 1. The number of carbonyl (C=O) groups excluding carboxylic acids is 1. The van der Waals surface area contributed by atoms with Crippen molar-refractivity contribution in [1.29, 1.82) is 0 Å². The van der Waals surface area contributed by atoms with Crippen LogP contribution in [0.3, 0.4) is 0 Å². The summed E-state index contributed by atoms with van der Waals surface area (Å²) in [5, 5.41) is 1.12. The molecule has 2 rings (SSSR count). The number of hydrogen-bond donors (Lipinski definition) is 0. The molecule has 84 valence electrons. The topological polar surface area (TPSA) is 17.1 Å². The predicted octanol–water partition coefficient (Wildman–Crippen LogP) is 2.94. The van der Waals surface area contributed by atoms with Crippen LogP contribution in [0.2, 0.25) is 0 Å². The summed E-state index contributed by atoms with van der Waals surface area (Å²) in [6.45, 7) is 0. The minimum absolute atomic E-state index is 0.251. The molecule has 0 amide bonds. The Balaban J connectivity index is 1.92. The summed E-state index contributed by atoms with van der Waals surface area (Å²) in [6.07, 6.45) is 1.07. The zero-order valence-corrected chi connectivity index (χ0v) is 11.9. The van der Waals surface area contributed by atoms with Gasteiger partial charge < -0.3 is 0 Å². The fraction of sp³-hybridized carbons (Fsp3) is 0.250. The fourth-order valence-electron chi connectivity index (χ4n) is 1.49. The van der Waals surface area contributed by atoms with E-state index in [1.807, 2.05) is 0 Å². The van der Waals surface area contributed by atoms with Crippen LogP contribution in [-0.4, -0.2) is 31.3 Å². The van der Waals surface area contributed by atoms with E-state index < -0.39 is 0 Å². The Bertz CT molecular complexity index is 461. The standard InChI is InChI=1S/C12H11ClOSSe/c13-12(14)8-15-6-5-10-7-9-3-1-2-4-11(9)16-10/h1-4,7H,5-6,8H2. The molecule has 0 atom stereocenters. The van der Waals surface area contributed by atoms with Crippen molar-refractivity contribution >= 4 is 52.8 Å². The molecule has 1 heterocycles. The molecular formula is C12H11ClOSSe. The van der Waals surface area contributed by atoms with Crippen molar-refractivity contribution < 1.29 is 4.79 Å². The first kappa shape index (κ1) is 12.3. The SMILES string of the molecule is O=C(Cl)CSCCc1cc2ccccc2[se]1. The van der Waals surface area contributed by atoms with Crippen LogP contribution >= 0.6 is 23.4 Å². The van der Waals surface area contributed by atoms with Crippen LogP contribution in [0.4, 0.5) is 0 Å². The normalized spacial score (nSPS) is 10.8. The van der Waals surface area contributed by atoms with Gasteiger partial charge in [0.05, 0.1) is 0 Å². The van der Waals surface area contributed by atoms with Crippen LogP contribution in [0.25, 0.3) is 9.65 Å². The molecule has 1 aromatic carbocycles. The summed E-state index contributed by atoms with van der Waals surface area (Å²) in [5.74, 6) is 1.41. The minimum atomic E-state index is -0.251. The van der Waals surface area contributed by atoms with Gasteiger partial charge in [0.1, 0.15) is 0 Å². The molecule has 4 heteroatoms. The number of halogens is 1. The van der Waals surface area contributed by atoms with Gasteiger partial charge >= 0.3 is 110 Å².